The number of ether oxygens (including phenoxy) is 1. The number of para-hydroxylation sites is 1. The number of hydrogen-bond donors (Lipinski definition) is 1. The quantitative estimate of drug-likeness (QED) is 0.813. The Hall–Kier alpha value is -1.62. The van der Waals surface area contributed by atoms with E-state index in [1.165, 1.54) is 17.7 Å². The van der Waals surface area contributed by atoms with Gasteiger partial charge in [-0.3, -0.25) is 4.90 Å². The van der Waals surface area contributed by atoms with E-state index in [2.05, 4.69) is 34.1 Å². The second kappa shape index (κ2) is 10.1. The van der Waals surface area contributed by atoms with Gasteiger partial charge in [0.2, 0.25) is 0 Å². The van der Waals surface area contributed by atoms with E-state index in [1.807, 2.05) is 12.1 Å². The topological polar surface area (TPSA) is 35.9 Å². The molecule has 1 fully saturated rings. The third-order valence-corrected chi connectivity index (χ3v) is 5.46. The van der Waals surface area contributed by atoms with Crippen LogP contribution in [0.25, 0.3) is 0 Å². The lowest BCUT2D eigenvalue weighted by Gasteiger charge is -2.37. The Kier molecular flexibility index (Phi) is 8.08. The van der Waals surface area contributed by atoms with Crippen LogP contribution in [-0.2, 0) is 0 Å². The molecular weight excluding hydrogens is 383 g/mol. The maximum atomic E-state index is 9.42. The van der Waals surface area contributed by atoms with Gasteiger partial charge in [-0.2, -0.15) is 0 Å². The molecule has 6 heteroatoms. The number of phenols is 1. The maximum Gasteiger partial charge on any atom is 0.122 e. The summed E-state index contributed by atoms with van der Waals surface area (Å²) in [5, 5.41) is 9.42. The van der Waals surface area contributed by atoms with Crippen molar-refractivity contribution in [3.05, 3.63) is 54.1 Å². The summed E-state index contributed by atoms with van der Waals surface area (Å²) >= 11 is 0. The molecule has 2 aliphatic rings. The minimum Gasteiger partial charge on any atom is -0.508 e. The summed E-state index contributed by atoms with van der Waals surface area (Å²) in [7, 11) is 0. The van der Waals surface area contributed by atoms with Crippen LogP contribution in [0.2, 0.25) is 0 Å². The molecule has 0 saturated carbocycles. The summed E-state index contributed by atoms with van der Waals surface area (Å²) < 4.78 is 5.78. The van der Waals surface area contributed by atoms with Crippen LogP contribution in [0.3, 0.4) is 0 Å². The van der Waals surface area contributed by atoms with Crippen molar-refractivity contribution in [1.29, 1.82) is 0 Å². The predicted octanol–water partition coefficient (Wildman–Crippen LogP) is 4.31. The van der Waals surface area contributed by atoms with E-state index < -0.39 is 0 Å². The average Bonchev–Trinajstić information content (AvgIpc) is 2.67. The van der Waals surface area contributed by atoms with Gasteiger partial charge in [-0.15, -0.1) is 24.8 Å². The van der Waals surface area contributed by atoms with Gasteiger partial charge >= 0.3 is 0 Å². The largest absolute Gasteiger partial charge is 0.508 e. The van der Waals surface area contributed by atoms with Crippen molar-refractivity contribution in [2.75, 3.05) is 44.2 Å². The number of anilines is 1. The Labute approximate surface area is 173 Å². The molecule has 2 heterocycles. The number of phenolic OH excluding ortho intramolecular Hbond substituents is 1. The molecule has 0 bridgehead atoms. The first kappa shape index (κ1) is 21.7. The number of halogens is 2. The van der Waals surface area contributed by atoms with Crippen LogP contribution in [0.1, 0.15) is 24.3 Å². The fourth-order valence-corrected chi connectivity index (χ4v) is 3.95. The lowest BCUT2D eigenvalue weighted by molar-refractivity contribution is 0.223. The van der Waals surface area contributed by atoms with Crippen LogP contribution in [0, 0.1) is 0 Å². The molecule has 2 aromatic rings. The first-order valence-corrected chi connectivity index (χ1v) is 9.28. The van der Waals surface area contributed by atoms with E-state index in [0.29, 0.717) is 11.7 Å². The Balaban J connectivity index is 0.00000131. The molecule has 4 rings (SSSR count). The number of aromatic hydroxyl groups is 1. The molecule has 0 aliphatic carbocycles. The number of fused-ring (bicyclic) bond motifs is 1. The molecule has 0 radical (unpaired) electrons. The normalized spacial score (nSPS) is 19.3. The minimum atomic E-state index is 0. The number of hydrogen-bond acceptors (Lipinski definition) is 4. The van der Waals surface area contributed by atoms with Crippen molar-refractivity contribution in [3.63, 3.8) is 0 Å². The van der Waals surface area contributed by atoms with Gasteiger partial charge in [-0.25, -0.2) is 0 Å². The van der Waals surface area contributed by atoms with E-state index in [9.17, 15) is 5.11 Å². The first-order valence-electron chi connectivity index (χ1n) is 9.28. The molecule has 0 amide bonds. The molecule has 0 aromatic heterocycles. The summed E-state index contributed by atoms with van der Waals surface area (Å²) in [5.74, 6) is 2.04. The first-order chi connectivity index (χ1) is 12.3. The highest BCUT2D eigenvalue weighted by Crippen LogP contribution is 2.35. The molecular formula is C21H28Cl2N2O2. The third kappa shape index (κ3) is 5.22. The van der Waals surface area contributed by atoms with Gasteiger partial charge in [-0.05, 0) is 61.2 Å². The van der Waals surface area contributed by atoms with Crippen LogP contribution in [0.4, 0.5) is 5.69 Å². The minimum absolute atomic E-state index is 0. The summed E-state index contributed by atoms with van der Waals surface area (Å²) in [6.45, 7) is 6.31. The molecule has 0 spiro atoms. The van der Waals surface area contributed by atoms with Gasteiger partial charge in [0, 0.05) is 31.9 Å². The van der Waals surface area contributed by atoms with Gasteiger partial charge < -0.3 is 14.7 Å². The second-order valence-electron chi connectivity index (χ2n) is 7.01. The summed E-state index contributed by atoms with van der Waals surface area (Å²) in [5.41, 5.74) is 2.59. The smallest absolute Gasteiger partial charge is 0.122 e. The van der Waals surface area contributed by atoms with E-state index in [4.69, 9.17) is 4.74 Å². The molecule has 27 heavy (non-hydrogen) atoms. The SMILES string of the molecule is Cl.Cl.Oc1ccc(N2CCN(CCC3CCOc4ccccc43)CC2)cc1. The molecule has 1 unspecified atom stereocenters. The summed E-state index contributed by atoms with van der Waals surface area (Å²) in [6, 6.07) is 16.0. The summed E-state index contributed by atoms with van der Waals surface area (Å²) in [6.07, 6.45) is 2.34. The third-order valence-electron chi connectivity index (χ3n) is 5.46. The van der Waals surface area contributed by atoms with Gasteiger partial charge in [0.25, 0.3) is 0 Å². The Bertz CT molecular complexity index is 704. The zero-order chi connectivity index (χ0) is 17.1. The Morgan fingerprint density at radius 1 is 0.926 bits per heavy atom. The summed E-state index contributed by atoms with van der Waals surface area (Å²) in [4.78, 5) is 4.98. The second-order valence-corrected chi connectivity index (χ2v) is 7.01. The molecule has 1 saturated heterocycles. The van der Waals surface area contributed by atoms with E-state index >= 15 is 0 Å². The molecule has 2 aliphatic heterocycles. The highest BCUT2D eigenvalue weighted by Gasteiger charge is 2.23. The van der Waals surface area contributed by atoms with Crippen molar-refractivity contribution in [1.82, 2.24) is 4.90 Å². The van der Waals surface area contributed by atoms with E-state index in [-0.39, 0.29) is 24.8 Å². The highest BCUT2D eigenvalue weighted by atomic mass is 35.5. The van der Waals surface area contributed by atoms with Gasteiger partial charge in [-0.1, -0.05) is 18.2 Å². The molecule has 1 atom stereocenters. The number of nitrogens with zero attached hydrogens (tertiary/aromatic N) is 2. The Morgan fingerprint density at radius 2 is 1.63 bits per heavy atom. The number of benzene rings is 2. The van der Waals surface area contributed by atoms with Gasteiger partial charge in [0.15, 0.2) is 0 Å². The zero-order valence-corrected chi connectivity index (χ0v) is 17.1. The predicted molar refractivity (Wildman–Crippen MR) is 115 cm³/mol. The fraction of sp³-hybridized carbons (Fsp3) is 0.429. The fourth-order valence-electron chi connectivity index (χ4n) is 3.95. The van der Waals surface area contributed by atoms with Crippen molar-refractivity contribution in [3.8, 4) is 11.5 Å². The highest BCUT2D eigenvalue weighted by molar-refractivity contribution is 5.85. The molecule has 4 nitrogen and oxygen atoms in total. The van der Waals surface area contributed by atoms with Gasteiger partial charge in [0.05, 0.1) is 6.61 Å². The van der Waals surface area contributed by atoms with Crippen molar-refractivity contribution >= 4 is 30.5 Å². The average molecular weight is 411 g/mol. The van der Waals surface area contributed by atoms with Crippen LogP contribution in [0.15, 0.2) is 48.5 Å². The van der Waals surface area contributed by atoms with Crippen LogP contribution < -0.4 is 9.64 Å². The van der Waals surface area contributed by atoms with E-state index in [1.54, 1.807) is 12.1 Å². The van der Waals surface area contributed by atoms with Crippen LogP contribution in [0.5, 0.6) is 11.5 Å². The number of piperazine rings is 1. The standard InChI is InChI=1S/C21H26N2O2.2ClH/c24-19-7-5-18(6-8-19)23-14-12-22(13-15-23)11-9-17-10-16-25-21-4-2-1-3-20(17)21;;/h1-8,17,24H,9-16H2;2*1H. The van der Waals surface area contributed by atoms with E-state index in [0.717, 1.165) is 51.5 Å². The molecule has 1 N–H and O–H groups in total. The van der Waals surface area contributed by atoms with Crippen molar-refractivity contribution in [2.45, 2.75) is 18.8 Å². The number of rotatable bonds is 4. The lowest BCUT2D eigenvalue weighted by atomic mass is 9.90. The van der Waals surface area contributed by atoms with Gasteiger partial charge in [0.1, 0.15) is 11.5 Å². The monoisotopic (exact) mass is 410 g/mol. The zero-order valence-electron chi connectivity index (χ0n) is 15.4. The molecule has 148 valence electrons. The Morgan fingerprint density at radius 3 is 2.37 bits per heavy atom. The molecule has 2 aromatic carbocycles. The van der Waals surface area contributed by atoms with Crippen molar-refractivity contribution in [2.24, 2.45) is 0 Å². The van der Waals surface area contributed by atoms with Crippen molar-refractivity contribution < 1.29 is 9.84 Å². The lowest BCUT2D eigenvalue weighted by Crippen LogP contribution is -2.46. The van der Waals surface area contributed by atoms with Crippen LogP contribution >= 0.6 is 24.8 Å². The maximum absolute atomic E-state index is 9.42. The van der Waals surface area contributed by atoms with Crippen LogP contribution in [-0.4, -0.2) is 49.3 Å².